The first-order valence-electron chi connectivity index (χ1n) is 10.00. The quantitative estimate of drug-likeness (QED) is 0.681. The third-order valence-electron chi connectivity index (χ3n) is 5.66. The predicted molar refractivity (Wildman–Crippen MR) is 110 cm³/mol. The maximum absolute atomic E-state index is 13.4. The normalized spacial score (nSPS) is 22.6. The molecule has 6 heteroatoms. The van der Waals surface area contributed by atoms with Crippen LogP contribution in [0.5, 0.6) is 0 Å². The van der Waals surface area contributed by atoms with E-state index in [1.54, 1.807) is 0 Å². The number of likely N-dealkylation sites (tertiary alicyclic amines) is 1. The van der Waals surface area contributed by atoms with Gasteiger partial charge in [0.15, 0.2) is 0 Å². The van der Waals surface area contributed by atoms with Crippen LogP contribution in [0.3, 0.4) is 0 Å². The van der Waals surface area contributed by atoms with E-state index in [2.05, 4.69) is 6.07 Å². The molecule has 2 N–H and O–H groups in total. The first-order chi connectivity index (χ1) is 13.2. The molecule has 1 aliphatic rings. The van der Waals surface area contributed by atoms with Crippen molar-refractivity contribution in [3.05, 3.63) is 34.9 Å². The topological polar surface area (TPSA) is 84.6 Å². The van der Waals surface area contributed by atoms with Crippen molar-refractivity contribution < 1.29 is 15.0 Å². The Bertz CT molecular complexity index is 699. The average Bonchev–Trinajstić information content (AvgIpc) is 2.68. The van der Waals surface area contributed by atoms with Gasteiger partial charge in [-0.3, -0.25) is 4.79 Å². The monoisotopic (exact) mass is 406 g/mol. The van der Waals surface area contributed by atoms with E-state index in [1.807, 2.05) is 49.9 Å². The molecule has 5 nitrogen and oxygen atoms in total. The van der Waals surface area contributed by atoms with Gasteiger partial charge in [0.05, 0.1) is 30.2 Å². The van der Waals surface area contributed by atoms with Gasteiger partial charge < -0.3 is 15.1 Å². The van der Waals surface area contributed by atoms with E-state index in [4.69, 9.17) is 11.6 Å². The number of amides is 1. The second-order valence-corrected chi connectivity index (χ2v) is 8.86. The Morgan fingerprint density at radius 1 is 1.32 bits per heavy atom. The molecule has 0 aromatic heterocycles. The fraction of sp³-hybridized carbons (Fsp3) is 0.636. The van der Waals surface area contributed by atoms with Crippen molar-refractivity contribution in [3.63, 3.8) is 0 Å². The van der Waals surface area contributed by atoms with Crippen LogP contribution in [0.15, 0.2) is 24.3 Å². The first-order valence-corrected chi connectivity index (χ1v) is 10.4. The molecule has 0 radical (unpaired) electrons. The van der Waals surface area contributed by atoms with Gasteiger partial charge in [-0.25, -0.2) is 0 Å². The van der Waals surface area contributed by atoms with Gasteiger partial charge in [-0.1, -0.05) is 30.7 Å². The lowest BCUT2D eigenvalue weighted by atomic mass is 9.80. The SMILES string of the molecule is CCC(CC(C)(C)C#N)N1C(=O)C(CC(O)CO)CCC1c1ccc(Cl)cc1. The van der Waals surface area contributed by atoms with Crippen molar-refractivity contribution in [1.82, 2.24) is 4.90 Å². The maximum atomic E-state index is 13.4. The number of carbonyl (C=O) groups is 1. The lowest BCUT2D eigenvalue weighted by Crippen LogP contribution is -2.50. The van der Waals surface area contributed by atoms with E-state index in [9.17, 15) is 20.3 Å². The lowest BCUT2D eigenvalue weighted by molar-refractivity contribution is -0.147. The van der Waals surface area contributed by atoms with Crippen molar-refractivity contribution in [2.24, 2.45) is 11.3 Å². The van der Waals surface area contributed by atoms with Crippen LogP contribution in [-0.4, -0.2) is 39.8 Å². The molecule has 1 fully saturated rings. The van der Waals surface area contributed by atoms with Gasteiger partial charge in [0.25, 0.3) is 0 Å². The van der Waals surface area contributed by atoms with Crippen LogP contribution >= 0.6 is 11.6 Å². The molecule has 1 aromatic carbocycles. The van der Waals surface area contributed by atoms with Crippen LogP contribution in [-0.2, 0) is 4.79 Å². The molecule has 1 heterocycles. The highest BCUT2D eigenvalue weighted by molar-refractivity contribution is 6.30. The standard InChI is InChI=1S/C22H31ClN2O3/c1-4-18(12-22(2,3)14-24)25-20(15-5-8-17(23)9-6-15)10-7-16(21(25)28)11-19(27)13-26/h5-6,8-9,16,18-20,26-27H,4,7,10-13H2,1-3H3. The van der Waals surface area contributed by atoms with Crippen LogP contribution in [0.1, 0.15) is 64.5 Å². The predicted octanol–water partition coefficient (Wildman–Crippen LogP) is 4.08. The molecule has 28 heavy (non-hydrogen) atoms. The van der Waals surface area contributed by atoms with Crippen molar-refractivity contribution in [3.8, 4) is 6.07 Å². The zero-order valence-corrected chi connectivity index (χ0v) is 17.7. The van der Waals surface area contributed by atoms with E-state index in [0.29, 0.717) is 17.9 Å². The van der Waals surface area contributed by atoms with Gasteiger partial charge in [-0.05, 0) is 63.6 Å². The number of aliphatic hydroxyl groups is 2. The Labute approximate surface area is 172 Å². The summed E-state index contributed by atoms with van der Waals surface area (Å²) < 4.78 is 0. The number of nitriles is 1. The molecule has 154 valence electrons. The van der Waals surface area contributed by atoms with Gasteiger partial charge in [0.1, 0.15) is 0 Å². The van der Waals surface area contributed by atoms with Crippen LogP contribution in [0, 0.1) is 22.7 Å². The zero-order valence-electron chi connectivity index (χ0n) is 16.9. The number of rotatable bonds is 8. The largest absolute Gasteiger partial charge is 0.394 e. The van der Waals surface area contributed by atoms with Crippen molar-refractivity contribution >= 4 is 17.5 Å². The Kier molecular flexibility index (Phi) is 7.88. The second kappa shape index (κ2) is 9.73. The van der Waals surface area contributed by atoms with Crippen molar-refractivity contribution in [1.29, 1.82) is 5.26 Å². The third kappa shape index (κ3) is 5.47. The molecule has 0 saturated carbocycles. The maximum Gasteiger partial charge on any atom is 0.226 e. The number of hydrogen-bond donors (Lipinski definition) is 2. The van der Waals surface area contributed by atoms with Gasteiger partial charge in [-0.15, -0.1) is 0 Å². The van der Waals surface area contributed by atoms with Crippen LogP contribution < -0.4 is 0 Å². The zero-order chi connectivity index (χ0) is 20.9. The summed E-state index contributed by atoms with van der Waals surface area (Å²) in [5.41, 5.74) is 0.496. The highest BCUT2D eigenvalue weighted by atomic mass is 35.5. The summed E-state index contributed by atoms with van der Waals surface area (Å²) >= 11 is 6.04. The molecule has 0 spiro atoms. The number of nitrogens with zero attached hydrogens (tertiary/aromatic N) is 2. The number of benzene rings is 1. The summed E-state index contributed by atoms with van der Waals surface area (Å²) in [7, 11) is 0. The first kappa shape index (κ1) is 22.7. The number of aliphatic hydroxyl groups excluding tert-OH is 2. The van der Waals surface area contributed by atoms with Gasteiger partial charge in [-0.2, -0.15) is 5.26 Å². The average molecular weight is 407 g/mol. The number of halogens is 1. The second-order valence-electron chi connectivity index (χ2n) is 8.42. The minimum Gasteiger partial charge on any atom is -0.394 e. The van der Waals surface area contributed by atoms with E-state index >= 15 is 0 Å². The Morgan fingerprint density at radius 3 is 2.50 bits per heavy atom. The summed E-state index contributed by atoms with van der Waals surface area (Å²) in [5, 5.41) is 29.2. The minimum absolute atomic E-state index is 0.000658. The Hall–Kier alpha value is -1.61. The number of piperidine rings is 1. The van der Waals surface area contributed by atoms with E-state index < -0.39 is 11.5 Å². The fourth-order valence-corrected chi connectivity index (χ4v) is 4.25. The van der Waals surface area contributed by atoms with Crippen LogP contribution in [0.25, 0.3) is 0 Å². The minimum atomic E-state index is -0.890. The summed E-state index contributed by atoms with van der Waals surface area (Å²) in [5.74, 6) is -0.316. The Morgan fingerprint density at radius 2 is 1.96 bits per heavy atom. The summed E-state index contributed by atoms with van der Waals surface area (Å²) in [6.45, 7) is 5.49. The molecule has 4 unspecified atom stereocenters. The fourth-order valence-electron chi connectivity index (χ4n) is 4.13. The molecule has 4 atom stereocenters. The molecule has 1 amide bonds. The molecule has 1 aliphatic heterocycles. The summed E-state index contributed by atoms with van der Waals surface area (Å²) in [6, 6.07) is 9.78. The molecule has 0 bridgehead atoms. The molecule has 1 aromatic rings. The van der Waals surface area contributed by atoms with Crippen molar-refractivity contribution in [2.75, 3.05) is 6.61 Å². The molecule has 0 aliphatic carbocycles. The molecular weight excluding hydrogens is 376 g/mol. The summed E-state index contributed by atoms with van der Waals surface area (Å²) in [6.07, 6.45) is 2.15. The third-order valence-corrected chi connectivity index (χ3v) is 5.92. The lowest BCUT2D eigenvalue weighted by Gasteiger charge is -2.45. The van der Waals surface area contributed by atoms with Gasteiger partial charge >= 0.3 is 0 Å². The molecule has 1 saturated heterocycles. The Balaban J connectivity index is 2.37. The molecule has 2 rings (SSSR count). The number of hydrogen-bond acceptors (Lipinski definition) is 4. The highest BCUT2D eigenvalue weighted by Gasteiger charge is 2.41. The van der Waals surface area contributed by atoms with Gasteiger partial charge in [0, 0.05) is 17.0 Å². The van der Waals surface area contributed by atoms with E-state index in [1.165, 1.54) is 0 Å². The summed E-state index contributed by atoms with van der Waals surface area (Å²) in [4.78, 5) is 15.4. The number of carbonyl (C=O) groups excluding carboxylic acids is 1. The van der Waals surface area contributed by atoms with Gasteiger partial charge in [0.2, 0.25) is 5.91 Å². The van der Waals surface area contributed by atoms with E-state index in [0.717, 1.165) is 18.4 Å². The molecular formula is C22H31ClN2O3. The van der Waals surface area contributed by atoms with Crippen molar-refractivity contribution in [2.45, 2.75) is 71.1 Å². The van der Waals surface area contributed by atoms with E-state index in [-0.39, 0.29) is 36.9 Å². The smallest absolute Gasteiger partial charge is 0.226 e. The van der Waals surface area contributed by atoms with Crippen LogP contribution in [0.4, 0.5) is 0 Å². The van der Waals surface area contributed by atoms with Crippen LogP contribution in [0.2, 0.25) is 5.02 Å². The highest BCUT2D eigenvalue weighted by Crippen LogP contribution is 2.40.